The zero-order valence-corrected chi connectivity index (χ0v) is 17.2. The van der Waals surface area contributed by atoms with Crippen LogP contribution in [0, 0.1) is 0 Å². The minimum atomic E-state index is -0.487. The van der Waals surface area contributed by atoms with Crippen molar-refractivity contribution >= 4 is 39.4 Å². The quantitative estimate of drug-likeness (QED) is 0.609. The second-order valence-corrected chi connectivity index (χ2v) is 6.83. The predicted molar refractivity (Wildman–Crippen MR) is 114 cm³/mol. The van der Waals surface area contributed by atoms with Gasteiger partial charge in [-0.2, -0.15) is 0 Å². The average molecular weight is 397 g/mol. The van der Waals surface area contributed by atoms with E-state index in [0.717, 1.165) is 16.4 Å². The summed E-state index contributed by atoms with van der Waals surface area (Å²) in [5.74, 6) is 0.233. The number of para-hydroxylation sites is 1. The Morgan fingerprint density at radius 3 is 2.59 bits per heavy atom. The lowest BCUT2D eigenvalue weighted by atomic mass is 10.1. The molecule has 0 aliphatic rings. The minimum Gasteiger partial charge on any atom is -0.495 e. The first-order valence-electron chi connectivity index (χ1n) is 9.79. The van der Waals surface area contributed by atoms with Gasteiger partial charge in [0.1, 0.15) is 16.9 Å². The van der Waals surface area contributed by atoms with Crippen LogP contribution in [0.15, 0.2) is 40.8 Å². The summed E-state index contributed by atoms with van der Waals surface area (Å²) in [6, 6.07) is 10.9. The lowest BCUT2D eigenvalue weighted by Gasteiger charge is -2.26. The molecule has 0 fully saturated rings. The zero-order valence-electron chi connectivity index (χ0n) is 17.2. The smallest absolute Gasteiger partial charge is 0.241 e. The number of benzene rings is 2. The molecule has 0 aliphatic carbocycles. The number of furan rings is 1. The van der Waals surface area contributed by atoms with Gasteiger partial charge in [0, 0.05) is 23.4 Å². The number of likely N-dealkylation sites (N-methyl/N-ethyl adjacent to an activating group) is 2. The molecule has 0 saturated heterocycles. The van der Waals surface area contributed by atoms with E-state index in [1.807, 2.05) is 49.1 Å². The number of nitrogens with zero attached hydrogens (tertiary/aromatic N) is 1. The first-order valence-corrected chi connectivity index (χ1v) is 9.79. The number of carbonyl (C=O) groups excluding carboxylic acids is 2. The zero-order chi connectivity index (χ0) is 21.0. The van der Waals surface area contributed by atoms with Gasteiger partial charge in [-0.3, -0.25) is 14.5 Å². The SMILES string of the molecule is CCNC(=O)CN(CC)[C@@H](C)C(=O)Nc1cc2oc3ccccc3c2cc1OC. The molecule has 2 aromatic carbocycles. The largest absolute Gasteiger partial charge is 0.495 e. The maximum absolute atomic E-state index is 12.9. The fraction of sp³-hybridized carbons (Fsp3) is 0.364. The maximum atomic E-state index is 12.9. The second-order valence-electron chi connectivity index (χ2n) is 6.83. The number of nitrogens with one attached hydrogen (secondary N) is 2. The van der Waals surface area contributed by atoms with Gasteiger partial charge in [-0.25, -0.2) is 0 Å². The van der Waals surface area contributed by atoms with Gasteiger partial charge < -0.3 is 19.8 Å². The van der Waals surface area contributed by atoms with Crippen molar-refractivity contribution in [2.45, 2.75) is 26.8 Å². The Balaban J connectivity index is 1.85. The van der Waals surface area contributed by atoms with E-state index in [1.54, 1.807) is 20.1 Å². The van der Waals surface area contributed by atoms with E-state index in [0.29, 0.717) is 30.1 Å². The van der Waals surface area contributed by atoms with Crippen LogP contribution in [0.5, 0.6) is 5.75 Å². The summed E-state index contributed by atoms with van der Waals surface area (Å²) in [5.41, 5.74) is 1.98. The Morgan fingerprint density at radius 2 is 1.90 bits per heavy atom. The Hall–Kier alpha value is -3.06. The highest BCUT2D eigenvalue weighted by molar-refractivity contribution is 6.08. The maximum Gasteiger partial charge on any atom is 0.241 e. The standard InChI is InChI=1S/C22H27N3O4/c1-5-23-21(26)13-25(6-2)14(3)22(27)24-17-12-19-16(11-20(17)28-4)15-9-7-8-10-18(15)29-19/h7-12,14H,5-6,13H2,1-4H3,(H,23,26)(H,24,27)/t14-/m0/s1. The molecule has 7 nitrogen and oxygen atoms in total. The molecule has 7 heteroatoms. The minimum absolute atomic E-state index is 0.102. The number of hydrogen-bond donors (Lipinski definition) is 2. The molecule has 0 spiro atoms. The first-order chi connectivity index (χ1) is 14.0. The molecular formula is C22H27N3O4. The molecule has 1 atom stereocenters. The molecule has 1 aromatic heterocycles. The Morgan fingerprint density at radius 1 is 1.14 bits per heavy atom. The normalized spacial score (nSPS) is 12.3. The van der Waals surface area contributed by atoms with E-state index in [2.05, 4.69) is 10.6 Å². The van der Waals surface area contributed by atoms with E-state index in [-0.39, 0.29) is 18.4 Å². The summed E-state index contributed by atoms with van der Waals surface area (Å²) < 4.78 is 11.4. The van der Waals surface area contributed by atoms with Crippen molar-refractivity contribution in [3.63, 3.8) is 0 Å². The number of anilines is 1. The highest BCUT2D eigenvalue weighted by Crippen LogP contribution is 2.36. The summed E-state index contributed by atoms with van der Waals surface area (Å²) >= 11 is 0. The van der Waals surface area contributed by atoms with Crippen LogP contribution < -0.4 is 15.4 Å². The van der Waals surface area contributed by atoms with Crippen molar-refractivity contribution in [2.75, 3.05) is 32.1 Å². The van der Waals surface area contributed by atoms with Gasteiger partial charge in [-0.1, -0.05) is 25.1 Å². The van der Waals surface area contributed by atoms with E-state index < -0.39 is 6.04 Å². The summed E-state index contributed by atoms with van der Waals surface area (Å²) in [5, 5.41) is 7.60. The van der Waals surface area contributed by atoms with Crippen molar-refractivity contribution in [3.8, 4) is 5.75 Å². The summed E-state index contributed by atoms with van der Waals surface area (Å²) in [6.07, 6.45) is 0. The van der Waals surface area contributed by atoms with Crippen molar-refractivity contribution in [1.82, 2.24) is 10.2 Å². The Kier molecular flexibility index (Phi) is 6.39. The van der Waals surface area contributed by atoms with Crippen LogP contribution in [0.1, 0.15) is 20.8 Å². The topological polar surface area (TPSA) is 83.8 Å². The average Bonchev–Trinajstić information content (AvgIpc) is 3.08. The first kappa shape index (κ1) is 20.7. The van der Waals surface area contributed by atoms with Gasteiger partial charge in [-0.15, -0.1) is 0 Å². The van der Waals surface area contributed by atoms with Gasteiger partial charge >= 0.3 is 0 Å². The number of carbonyl (C=O) groups is 2. The van der Waals surface area contributed by atoms with Crippen molar-refractivity contribution < 1.29 is 18.7 Å². The summed E-state index contributed by atoms with van der Waals surface area (Å²) in [4.78, 5) is 26.6. The van der Waals surface area contributed by atoms with Gasteiger partial charge in [0.2, 0.25) is 11.8 Å². The van der Waals surface area contributed by atoms with Crippen LogP contribution in [0.2, 0.25) is 0 Å². The third-order valence-electron chi connectivity index (χ3n) is 5.01. The van der Waals surface area contributed by atoms with Crippen LogP contribution in [0.25, 0.3) is 21.9 Å². The number of hydrogen-bond acceptors (Lipinski definition) is 5. The van der Waals surface area contributed by atoms with E-state index >= 15 is 0 Å². The molecule has 0 aliphatic heterocycles. The lowest BCUT2D eigenvalue weighted by molar-refractivity contribution is -0.125. The highest BCUT2D eigenvalue weighted by Gasteiger charge is 2.23. The fourth-order valence-electron chi connectivity index (χ4n) is 3.38. The molecule has 3 aromatic rings. The molecule has 0 radical (unpaired) electrons. The molecule has 2 amide bonds. The monoisotopic (exact) mass is 397 g/mol. The molecular weight excluding hydrogens is 370 g/mol. The molecule has 29 heavy (non-hydrogen) atoms. The molecule has 154 valence electrons. The Labute approximate surface area is 170 Å². The molecule has 2 N–H and O–H groups in total. The van der Waals surface area contributed by atoms with Crippen LogP contribution in [-0.2, 0) is 9.59 Å². The fourth-order valence-corrected chi connectivity index (χ4v) is 3.38. The third-order valence-corrected chi connectivity index (χ3v) is 5.01. The highest BCUT2D eigenvalue weighted by atomic mass is 16.5. The number of ether oxygens (including phenoxy) is 1. The third kappa shape index (κ3) is 4.35. The van der Waals surface area contributed by atoms with E-state index in [4.69, 9.17) is 9.15 Å². The van der Waals surface area contributed by atoms with Crippen LogP contribution in [0.4, 0.5) is 5.69 Å². The second kappa shape index (κ2) is 8.96. The van der Waals surface area contributed by atoms with Crippen molar-refractivity contribution in [2.24, 2.45) is 0 Å². The molecule has 0 saturated carbocycles. The van der Waals surface area contributed by atoms with Crippen LogP contribution >= 0.6 is 0 Å². The summed E-state index contributed by atoms with van der Waals surface area (Å²) in [6.45, 7) is 6.87. The van der Waals surface area contributed by atoms with Crippen molar-refractivity contribution in [3.05, 3.63) is 36.4 Å². The number of rotatable bonds is 8. The van der Waals surface area contributed by atoms with E-state index in [1.165, 1.54) is 0 Å². The van der Waals surface area contributed by atoms with Crippen LogP contribution in [0.3, 0.4) is 0 Å². The predicted octanol–water partition coefficient (Wildman–Crippen LogP) is 3.38. The van der Waals surface area contributed by atoms with Crippen LogP contribution in [-0.4, -0.2) is 49.5 Å². The van der Waals surface area contributed by atoms with Gasteiger partial charge in [-0.05, 0) is 32.5 Å². The lowest BCUT2D eigenvalue weighted by Crippen LogP contribution is -2.46. The van der Waals surface area contributed by atoms with E-state index in [9.17, 15) is 9.59 Å². The number of fused-ring (bicyclic) bond motifs is 3. The summed E-state index contributed by atoms with van der Waals surface area (Å²) in [7, 11) is 1.57. The van der Waals surface area contributed by atoms with Gasteiger partial charge in [0.15, 0.2) is 0 Å². The molecule has 0 unspecified atom stereocenters. The van der Waals surface area contributed by atoms with Crippen molar-refractivity contribution in [1.29, 1.82) is 0 Å². The number of amides is 2. The number of methoxy groups -OCH3 is 1. The Bertz CT molecular complexity index is 1030. The van der Waals surface area contributed by atoms with Gasteiger partial charge in [0.05, 0.1) is 25.4 Å². The molecule has 1 heterocycles. The van der Waals surface area contributed by atoms with Gasteiger partial charge in [0.25, 0.3) is 0 Å². The molecule has 3 rings (SSSR count). The molecule has 0 bridgehead atoms.